The van der Waals surface area contributed by atoms with E-state index in [2.05, 4.69) is 31.4 Å². The van der Waals surface area contributed by atoms with Crippen LogP contribution in [0.5, 0.6) is 0 Å². The van der Waals surface area contributed by atoms with Crippen molar-refractivity contribution >= 4 is 33.5 Å². The molecule has 0 aliphatic carbocycles. The number of amides is 1. The monoisotopic (exact) mass is 417 g/mol. The number of halogens is 1. The zero-order valence-corrected chi connectivity index (χ0v) is 15.3. The van der Waals surface area contributed by atoms with E-state index >= 15 is 0 Å². The summed E-state index contributed by atoms with van der Waals surface area (Å²) in [7, 11) is 0. The third-order valence-corrected chi connectivity index (χ3v) is 4.13. The Morgan fingerprint density at radius 2 is 1.81 bits per heavy atom. The van der Waals surface area contributed by atoms with Gasteiger partial charge in [0.05, 0.1) is 43.2 Å². The SMILES string of the molecule is O=C(O)CCn1cc(C(=O)Nc2cnn(Cc3ccc(Br)cc3)c2)cn1. The minimum atomic E-state index is -0.912. The molecule has 0 aliphatic heterocycles. The first kappa shape index (κ1) is 17.9. The van der Waals surface area contributed by atoms with Gasteiger partial charge in [0.1, 0.15) is 0 Å². The maximum Gasteiger partial charge on any atom is 0.305 e. The van der Waals surface area contributed by atoms with Crippen LogP contribution in [0.15, 0.2) is 53.5 Å². The van der Waals surface area contributed by atoms with E-state index in [-0.39, 0.29) is 18.9 Å². The Labute approximate surface area is 157 Å². The highest BCUT2D eigenvalue weighted by Crippen LogP contribution is 2.13. The summed E-state index contributed by atoms with van der Waals surface area (Å²) >= 11 is 3.40. The fourth-order valence-electron chi connectivity index (χ4n) is 2.31. The average molecular weight is 418 g/mol. The van der Waals surface area contributed by atoms with E-state index in [0.29, 0.717) is 17.8 Å². The number of nitrogens with zero attached hydrogens (tertiary/aromatic N) is 4. The van der Waals surface area contributed by atoms with Gasteiger partial charge in [-0.1, -0.05) is 28.1 Å². The molecule has 1 aromatic carbocycles. The van der Waals surface area contributed by atoms with Crippen molar-refractivity contribution in [2.75, 3.05) is 5.32 Å². The number of carbonyl (C=O) groups is 2. The first-order valence-corrected chi connectivity index (χ1v) is 8.61. The van der Waals surface area contributed by atoms with Crippen LogP contribution in [0.25, 0.3) is 0 Å². The summed E-state index contributed by atoms with van der Waals surface area (Å²) < 4.78 is 4.17. The van der Waals surface area contributed by atoms with E-state index in [9.17, 15) is 9.59 Å². The van der Waals surface area contributed by atoms with Crippen molar-refractivity contribution in [2.24, 2.45) is 0 Å². The number of carboxylic acids is 1. The van der Waals surface area contributed by atoms with E-state index in [0.717, 1.165) is 10.0 Å². The van der Waals surface area contributed by atoms with Gasteiger partial charge in [-0.15, -0.1) is 0 Å². The Kier molecular flexibility index (Phi) is 5.47. The third-order valence-electron chi connectivity index (χ3n) is 3.60. The van der Waals surface area contributed by atoms with Gasteiger partial charge in [-0.3, -0.25) is 19.0 Å². The number of hydrogen-bond donors (Lipinski definition) is 2. The second-order valence-electron chi connectivity index (χ2n) is 5.64. The molecule has 9 heteroatoms. The van der Waals surface area contributed by atoms with Crippen molar-refractivity contribution in [3.8, 4) is 0 Å². The maximum absolute atomic E-state index is 12.2. The number of aliphatic carboxylic acids is 1. The Morgan fingerprint density at radius 3 is 2.54 bits per heavy atom. The molecule has 0 saturated carbocycles. The Bertz CT molecular complexity index is 917. The number of aryl methyl sites for hydroxylation is 1. The molecule has 0 fully saturated rings. The summed E-state index contributed by atoms with van der Waals surface area (Å²) in [5, 5.41) is 19.7. The number of aromatic nitrogens is 4. The normalized spacial score (nSPS) is 10.7. The van der Waals surface area contributed by atoms with Gasteiger partial charge >= 0.3 is 5.97 Å². The lowest BCUT2D eigenvalue weighted by Gasteiger charge is -2.02. The van der Waals surface area contributed by atoms with Crippen molar-refractivity contribution in [1.82, 2.24) is 19.6 Å². The maximum atomic E-state index is 12.2. The highest BCUT2D eigenvalue weighted by molar-refractivity contribution is 9.10. The second kappa shape index (κ2) is 7.96. The van der Waals surface area contributed by atoms with Crippen LogP contribution in [0.2, 0.25) is 0 Å². The lowest BCUT2D eigenvalue weighted by Crippen LogP contribution is -2.11. The molecule has 2 heterocycles. The van der Waals surface area contributed by atoms with Gasteiger partial charge in [0.2, 0.25) is 0 Å². The van der Waals surface area contributed by atoms with Crippen LogP contribution < -0.4 is 5.32 Å². The Morgan fingerprint density at radius 1 is 1.08 bits per heavy atom. The highest BCUT2D eigenvalue weighted by atomic mass is 79.9. The number of anilines is 1. The third kappa shape index (κ3) is 4.79. The van der Waals surface area contributed by atoms with Gasteiger partial charge in [-0.25, -0.2) is 0 Å². The summed E-state index contributed by atoms with van der Waals surface area (Å²) in [5.74, 6) is -1.24. The summed E-state index contributed by atoms with van der Waals surface area (Å²) in [4.78, 5) is 22.8. The van der Waals surface area contributed by atoms with Crippen molar-refractivity contribution < 1.29 is 14.7 Å². The molecule has 8 nitrogen and oxygen atoms in total. The average Bonchev–Trinajstić information content (AvgIpc) is 3.24. The lowest BCUT2D eigenvalue weighted by molar-refractivity contribution is -0.137. The first-order chi connectivity index (χ1) is 12.5. The molecular weight excluding hydrogens is 402 g/mol. The zero-order chi connectivity index (χ0) is 18.5. The van der Waals surface area contributed by atoms with Crippen LogP contribution in [0.4, 0.5) is 5.69 Å². The molecule has 0 atom stereocenters. The first-order valence-electron chi connectivity index (χ1n) is 7.82. The van der Waals surface area contributed by atoms with Gasteiger partial charge < -0.3 is 10.4 Å². The highest BCUT2D eigenvalue weighted by Gasteiger charge is 2.11. The molecule has 0 spiro atoms. The minimum Gasteiger partial charge on any atom is -0.481 e. The standard InChI is InChI=1S/C17H16BrN5O3/c18-14-3-1-12(2-4-14)9-23-11-15(8-20-23)21-17(26)13-7-19-22(10-13)6-5-16(24)25/h1-4,7-8,10-11H,5-6,9H2,(H,21,26)(H,24,25). The molecule has 0 unspecified atom stereocenters. The summed E-state index contributed by atoms with van der Waals surface area (Å²) in [6.07, 6.45) is 6.19. The van der Waals surface area contributed by atoms with Crippen molar-refractivity contribution in [1.29, 1.82) is 0 Å². The Balaban J connectivity index is 1.59. The van der Waals surface area contributed by atoms with Crippen molar-refractivity contribution in [2.45, 2.75) is 19.5 Å². The Hall–Kier alpha value is -2.94. The molecule has 3 aromatic rings. The number of benzene rings is 1. The molecule has 1 amide bonds. The van der Waals surface area contributed by atoms with E-state index in [1.54, 1.807) is 17.1 Å². The number of hydrogen-bond acceptors (Lipinski definition) is 4. The summed E-state index contributed by atoms with van der Waals surface area (Å²) in [5.41, 5.74) is 2.02. The van der Waals surface area contributed by atoms with Crippen LogP contribution in [-0.4, -0.2) is 36.5 Å². The molecule has 2 N–H and O–H groups in total. The van der Waals surface area contributed by atoms with E-state index in [1.165, 1.54) is 17.1 Å². The zero-order valence-electron chi connectivity index (χ0n) is 13.7. The molecular formula is C17H16BrN5O3. The molecule has 2 aromatic heterocycles. The van der Waals surface area contributed by atoms with Crippen molar-refractivity contribution in [3.05, 3.63) is 64.7 Å². The van der Waals surface area contributed by atoms with Crippen LogP contribution in [-0.2, 0) is 17.9 Å². The number of carboxylic acid groups (broad SMARTS) is 1. The molecule has 134 valence electrons. The smallest absolute Gasteiger partial charge is 0.305 e. The topological polar surface area (TPSA) is 102 Å². The van der Waals surface area contributed by atoms with Crippen molar-refractivity contribution in [3.63, 3.8) is 0 Å². The predicted octanol–water partition coefficient (Wildman–Crippen LogP) is 2.62. The van der Waals surface area contributed by atoms with E-state index < -0.39 is 5.97 Å². The van der Waals surface area contributed by atoms with Gasteiger partial charge in [0.25, 0.3) is 5.91 Å². The van der Waals surface area contributed by atoms with Crippen LogP contribution in [0, 0.1) is 0 Å². The fourth-order valence-corrected chi connectivity index (χ4v) is 2.57. The molecule has 3 rings (SSSR count). The lowest BCUT2D eigenvalue weighted by atomic mass is 10.2. The number of rotatable bonds is 7. The van der Waals surface area contributed by atoms with Crippen LogP contribution in [0.1, 0.15) is 22.3 Å². The molecule has 0 saturated heterocycles. The quantitative estimate of drug-likeness (QED) is 0.614. The molecule has 0 aliphatic rings. The summed E-state index contributed by atoms with van der Waals surface area (Å²) in [6, 6.07) is 7.91. The second-order valence-corrected chi connectivity index (χ2v) is 6.56. The number of nitrogens with one attached hydrogen (secondary N) is 1. The van der Waals surface area contributed by atoms with Gasteiger partial charge in [-0.05, 0) is 17.7 Å². The minimum absolute atomic E-state index is 0.0500. The van der Waals surface area contributed by atoms with E-state index in [1.807, 2.05) is 24.3 Å². The van der Waals surface area contributed by atoms with E-state index in [4.69, 9.17) is 5.11 Å². The largest absolute Gasteiger partial charge is 0.481 e. The van der Waals surface area contributed by atoms with Crippen LogP contribution in [0.3, 0.4) is 0 Å². The number of carbonyl (C=O) groups excluding carboxylic acids is 1. The summed E-state index contributed by atoms with van der Waals surface area (Å²) in [6.45, 7) is 0.810. The molecule has 0 radical (unpaired) electrons. The predicted molar refractivity (Wildman–Crippen MR) is 97.9 cm³/mol. The molecule has 26 heavy (non-hydrogen) atoms. The fraction of sp³-hybridized carbons (Fsp3) is 0.176. The van der Waals surface area contributed by atoms with Gasteiger partial charge in [0, 0.05) is 16.9 Å². The molecule has 0 bridgehead atoms. The van der Waals surface area contributed by atoms with Gasteiger partial charge in [0.15, 0.2) is 0 Å². The van der Waals surface area contributed by atoms with Gasteiger partial charge in [-0.2, -0.15) is 10.2 Å². The van der Waals surface area contributed by atoms with Crippen LogP contribution >= 0.6 is 15.9 Å².